The lowest BCUT2D eigenvalue weighted by Crippen LogP contribution is -2.42. The number of urea groups is 1. The van der Waals surface area contributed by atoms with Crippen LogP contribution in [0.2, 0.25) is 5.02 Å². The maximum absolute atomic E-state index is 12.2. The summed E-state index contributed by atoms with van der Waals surface area (Å²) in [7, 11) is 0. The number of amides is 3. The zero-order valence-electron chi connectivity index (χ0n) is 12.9. The Labute approximate surface area is 143 Å². The van der Waals surface area contributed by atoms with Crippen LogP contribution in [0.3, 0.4) is 0 Å². The summed E-state index contributed by atoms with van der Waals surface area (Å²) >= 11 is 5.93. The van der Waals surface area contributed by atoms with Crippen molar-refractivity contribution in [2.75, 3.05) is 19.7 Å². The predicted molar refractivity (Wildman–Crippen MR) is 85.6 cm³/mol. The predicted octanol–water partition coefficient (Wildman–Crippen LogP) is 1.60. The molecule has 1 saturated heterocycles. The zero-order chi connectivity index (χ0) is 17.3. The first-order valence-corrected chi connectivity index (χ1v) is 7.76. The fraction of sp³-hybridized carbons (Fsp3) is 0.312. The van der Waals surface area contributed by atoms with Gasteiger partial charge >= 0.3 is 12.0 Å². The van der Waals surface area contributed by atoms with E-state index >= 15 is 0 Å². The van der Waals surface area contributed by atoms with Gasteiger partial charge in [0.25, 0.3) is 5.91 Å². The Morgan fingerprint density at radius 1 is 1.42 bits per heavy atom. The van der Waals surface area contributed by atoms with Crippen LogP contribution in [0.1, 0.15) is 12.5 Å². The highest BCUT2D eigenvalue weighted by molar-refractivity contribution is 6.30. The molecule has 1 N–H and O–H groups in total. The molecule has 0 spiro atoms. The van der Waals surface area contributed by atoms with Gasteiger partial charge in [-0.15, -0.1) is 0 Å². The van der Waals surface area contributed by atoms with Gasteiger partial charge in [0.1, 0.15) is 12.4 Å². The highest BCUT2D eigenvalue weighted by Gasteiger charge is 2.32. The van der Waals surface area contributed by atoms with Crippen molar-refractivity contribution < 1.29 is 23.9 Å². The molecule has 126 valence electrons. The van der Waals surface area contributed by atoms with Crippen LogP contribution in [0, 0.1) is 0 Å². The Hall–Kier alpha value is -2.54. The SMILES string of the molecule is CC(OC(=O)C1=Cc2cc(Cl)ccc2OC1)C(=O)N1CCNC1=O. The quantitative estimate of drug-likeness (QED) is 0.837. The summed E-state index contributed by atoms with van der Waals surface area (Å²) in [5.41, 5.74) is 0.939. The van der Waals surface area contributed by atoms with Crippen molar-refractivity contribution in [3.05, 3.63) is 34.4 Å². The van der Waals surface area contributed by atoms with Gasteiger partial charge in [-0.25, -0.2) is 9.59 Å². The van der Waals surface area contributed by atoms with Crippen molar-refractivity contribution in [2.24, 2.45) is 0 Å². The minimum atomic E-state index is -1.07. The van der Waals surface area contributed by atoms with Gasteiger partial charge < -0.3 is 14.8 Å². The van der Waals surface area contributed by atoms with Crippen molar-refractivity contribution in [1.82, 2.24) is 10.2 Å². The second-order valence-corrected chi connectivity index (χ2v) is 5.85. The minimum absolute atomic E-state index is 0.0403. The first kappa shape index (κ1) is 16.3. The molecule has 1 aromatic rings. The second-order valence-electron chi connectivity index (χ2n) is 5.41. The topological polar surface area (TPSA) is 84.9 Å². The summed E-state index contributed by atoms with van der Waals surface area (Å²) in [4.78, 5) is 36.9. The maximum atomic E-state index is 12.2. The first-order valence-electron chi connectivity index (χ1n) is 7.39. The van der Waals surface area contributed by atoms with Crippen LogP contribution in [-0.4, -0.2) is 48.6 Å². The molecule has 1 atom stereocenters. The number of carbonyl (C=O) groups is 3. The number of hydrogen-bond acceptors (Lipinski definition) is 5. The van der Waals surface area contributed by atoms with E-state index in [-0.39, 0.29) is 18.7 Å². The lowest BCUT2D eigenvalue weighted by atomic mass is 10.1. The molecule has 0 aromatic heterocycles. The maximum Gasteiger partial charge on any atom is 0.338 e. The van der Waals surface area contributed by atoms with Crippen molar-refractivity contribution in [1.29, 1.82) is 0 Å². The van der Waals surface area contributed by atoms with Crippen LogP contribution in [0.25, 0.3) is 6.08 Å². The number of rotatable bonds is 3. The van der Waals surface area contributed by atoms with Crippen molar-refractivity contribution in [3.63, 3.8) is 0 Å². The molecular formula is C16H15ClN2O5. The molecule has 3 rings (SSSR count). The molecule has 1 aromatic carbocycles. The molecule has 0 bridgehead atoms. The van der Waals surface area contributed by atoms with E-state index in [1.165, 1.54) is 6.92 Å². The van der Waals surface area contributed by atoms with Crippen molar-refractivity contribution in [3.8, 4) is 5.75 Å². The Kier molecular flexibility index (Phi) is 4.44. The van der Waals surface area contributed by atoms with Gasteiger partial charge in [-0.1, -0.05) is 11.6 Å². The third kappa shape index (κ3) is 3.21. The molecule has 2 heterocycles. The van der Waals surface area contributed by atoms with E-state index in [0.29, 0.717) is 22.9 Å². The molecule has 1 unspecified atom stereocenters. The summed E-state index contributed by atoms with van der Waals surface area (Å²) < 4.78 is 10.7. The molecular weight excluding hydrogens is 336 g/mol. The molecule has 2 aliphatic rings. The number of esters is 1. The number of carbonyl (C=O) groups excluding carboxylic acids is 3. The monoisotopic (exact) mass is 350 g/mol. The van der Waals surface area contributed by atoms with Crippen LogP contribution < -0.4 is 10.1 Å². The van der Waals surface area contributed by atoms with Crippen molar-refractivity contribution in [2.45, 2.75) is 13.0 Å². The Morgan fingerprint density at radius 3 is 2.92 bits per heavy atom. The van der Waals surface area contributed by atoms with E-state index in [0.717, 1.165) is 4.90 Å². The number of hydrogen-bond donors (Lipinski definition) is 1. The average molecular weight is 351 g/mol. The van der Waals surface area contributed by atoms with Gasteiger partial charge in [-0.05, 0) is 31.2 Å². The molecule has 0 radical (unpaired) electrons. The highest BCUT2D eigenvalue weighted by atomic mass is 35.5. The van der Waals surface area contributed by atoms with Gasteiger partial charge in [-0.2, -0.15) is 0 Å². The normalized spacial score (nSPS) is 17.3. The fourth-order valence-corrected chi connectivity index (χ4v) is 2.63. The third-order valence-electron chi connectivity index (χ3n) is 3.70. The summed E-state index contributed by atoms with van der Waals surface area (Å²) in [6.07, 6.45) is 0.551. The molecule has 0 saturated carbocycles. The average Bonchev–Trinajstić information content (AvgIpc) is 2.99. The van der Waals surface area contributed by atoms with E-state index < -0.39 is 24.0 Å². The van der Waals surface area contributed by atoms with Gasteiger partial charge in [-0.3, -0.25) is 9.69 Å². The van der Waals surface area contributed by atoms with Gasteiger partial charge in [0.15, 0.2) is 6.10 Å². The van der Waals surface area contributed by atoms with Crippen LogP contribution in [0.15, 0.2) is 23.8 Å². The lowest BCUT2D eigenvalue weighted by molar-refractivity contribution is -0.154. The number of benzene rings is 1. The standard InChI is InChI=1S/C16H15ClN2O5/c1-9(14(20)19-5-4-18-16(19)22)24-15(21)11-6-10-7-12(17)2-3-13(10)23-8-11/h2-3,6-7,9H,4-5,8H2,1H3,(H,18,22). The smallest absolute Gasteiger partial charge is 0.338 e. The minimum Gasteiger partial charge on any atom is -0.488 e. The number of nitrogens with one attached hydrogen (secondary N) is 1. The van der Waals surface area contributed by atoms with E-state index in [2.05, 4.69) is 5.32 Å². The van der Waals surface area contributed by atoms with E-state index in [1.807, 2.05) is 0 Å². The van der Waals surface area contributed by atoms with Crippen LogP contribution in [0.5, 0.6) is 5.75 Å². The van der Waals surface area contributed by atoms with Gasteiger partial charge in [0, 0.05) is 23.7 Å². The van der Waals surface area contributed by atoms with E-state index in [1.54, 1.807) is 24.3 Å². The second kappa shape index (κ2) is 6.52. The number of imide groups is 1. The van der Waals surface area contributed by atoms with Crippen LogP contribution in [-0.2, 0) is 14.3 Å². The Balaban J connectivity index is 1.69. The molecule has 7 nitrogen and oxygen atoms in total. The van der Waals surface area contributed by atoms with E-state index in [9.17, 15) is 14.4 Å². The van der Waals surface area contributed by atoms with Crippen LogP contribution >= 0.6 is 11.6 Å². The molecule has 3 amide bonds. The van der Waals surface area contributed by atoms with E-state index in [4.69, 9.17) is 21.1 Å². The summed E-state index contributed by atoms with van der Waals surface area (Å²) in [6.45, 7) is 2.12. The highest BCUT2D eigenvalue weighted by Crippen LogP contribution is 2.29. The third-order valence-corrected chi connectivity index (χ3v) is 3.94. The largest absolute Gasteiger partial charge is 0.488 e. The zero-order valence-corrected chi connectivity index (χ0v) is 13.6. The number of halogens is 1. The fourth-order valence-electron chi connectivity index (χ4n) is 2.45. The Morgan fingerprint density at radius 2 is 2.21 bits per heavy atom. The van der Waals surface area contributed by atoms with Crippen molar-refractivity contribution >= 4 is 35.6 Å². The molecule has 2 aliphatic heterocycles. The Bertz CT molecular complexity index is 746. The summed E-state index contributed by atoms with van der Waals surface area (Å²) in [6, 6.07) is 4.60. The lowest BCUT2D eigenvalue weighted by Gasteiger charge is -2.21. The van der Waals surface area contributed by atoms with Gasteiger partial charge in [0.2, 0.25) is 0 Å². The summed E-state index contributed by atoms with van der Waals surface area (Å²) in [5.74, 6) is -0.603. The number of nitrogens with zero attached hydrogens (tertiary/aromatic N) is 1. The number of ether oxygens (including phenoxy) is 2. The summed E-state index contributed by atoms with van der Waals surface area (Å²) in [5, 5.41) is 3.04. The molecule has 1 fully saturated rings. The molecule has 0 aliphatic carbocycles. The van der Waals surface area contributed by atoms with Gasteiger partial charge in [0.05, 0.1) is 5.57 Å². The van der Waals surface area contributed by atoms with Crippen LogP contribution in [0.4, 0.5) is 4.79 Å². The molecule has 24 heavy (non-hydrogen) atoms. The number of fused-ring (bicyclic) bond motifs is 1. The first-order chi connectivity index (χ1) is 11.5. The molecule has 8 heteroatoms.